The van der Waals surface area contributed by atoms with Crippen LogP contribution in [0.15, 0.2) is 29.2 Å². The zero-order chi connectivity index (χ0) is 13.1. The van der Waals surface area contributed by atoms with E-state index in [4.69, 9.17) is 0 Å². The summed E-state index contributed by atoms with van der Waals surface area (Å²) in [7, 11) is -4.09. The topological polar surface area (TPSA) is 55.4 Å². The molecule has 0 saturated heterocycles. The zero-order valence-electron chi connectivity index (χ0n) is 8.78. The van der Waals surface area contributed by atoms with E-state index in [1.807, 2.05) is 0 Å². The van der Waals surface area contributed by atoms with Gasteiger partial charge in [0.2, 0.25) is 0 Å². The Morgan fingerprint density at radius 1 is 1.29 bits per heavy atom. The van der Waals surface area contributed by atoms with Crippen molar-refractivity contribution in [1.82, 2.24) is 4.89 Å². The van der Waals surface area contributed by atoms with Gasteiger partial charge in [-0.05, 0) is 18.6 Å². The van der Waals surface area contributed by atoms with Gasteiger partial charge >= 0.3 is 6.18 Å². The van der Waals surface area contributed by atoms with Gasteiger partial charge in [-0.2, -0.15) is 13.2 Å². The molecule has 0 aromatic heterocycles. The summed E-state index contributed by atoms with van der Waals surface area (Å²) >= 11 is 0. The largest absolute Gasteiger partial charge is 0.413 e. The van der Waals surface area contributed by atoms with Gasteiger partial charge in [0, 0.05) is 0 Å². The van der Waals surface area contributed by atoms with Gasteiger partial charge in [0.05, 0.1) is 4.90 Å². The summed E-state index contributed by atoms with van der Waals surface area (Å²) in [6.07, 6.45) is -4.59. The maximum Gasteiger partial charge on any atom is 0.413 e. The van der Waals surface area contributed by atoms with Gasteiger partial charge in [-0.15, -0.1) is 0 Å². The molecule has 1 rings (SSSR count). The molecule has 96 valence electrons. The van der Waals surface area contributed by atoms with Gasteiger partial charge in [0.15, 0.2) is 6.61 Å². The molecule has 0 aliphatic rings. The Morgan fingerprint density at radius 2 is 1.88 bits per heavy atom. The molecule has 17 heavy (non-hydrogen) atoms. The second kappa shape index (κ2) is 5.03. The van der Waals surface area contributed by atoms with Crippen molar-refractivity contribution >= 4 is 10.0 Å². The fourth-order valence-corrected chi connectivity index (χ4v) is 2.15. The molecule has 8 heteroatoms. The van der Waals surface area contributed by atoms with E-state index in [1.165, 1.54) is 30.0 Å². The Labute approximate surface area is 96.4 Å². The smallest absolute Gasteiger partial charge is 0.277 e. The van der Waals surface area contributed by atoms with Gasteiger partial charge in [-0.3, -0.25) is 4.84 Å². The first kappa shape index (κ1) is 13.9. The first-order valence-corrected chi connectivity index (χ1v) is 5.97. The summed E-state index contributed by atoms with van der Waals surface area (Å²) < 4.78 is 58.3. The van der Waals surface area contributed by atoms with Crippen molar-refractivity contribution in [3.8, 4) is 0 Å². The lowest BCUT2D eigenvalue weighted by atomic mass is 10.2. The number of hydrogen-bond acceptors (Lipinski definition) is 3. The minimum absolute atomic E-state index is 0.123. The monoisotopic (exact) mass is 269 g/mol. The van der Waals surface area contributed by atoms with Crippen LogP contribution in [0.25, 0.3) is 0 Å². The third kappa shape index (κ3) is 4.33. The Hall–Kier alpha value is -1.12. The second-order valence-corrected chi connectivity index (χ2v) is 4.87. The van der Waals surface area contributed by atoms with Crippen LogP contribution in [-0.2, 0) is 14.9 Å². The molecule has 0 radical (unpaired) electrons. The van der Waals surface area contributed by atoms with Crippen molar-refractivity contribution in [3.05, 3.63) is 29.8 Å². The van der Waals surface area contributed by atoms with Crippen LogP contribution in [0.5, 0.6) is 0 Å². The minimum atomic E-state index is -4.59. The number of rotatable bonds is 4. The highest BCUT2D eigenvalue weighted by Crippen LogP contribution is 2.16. The lowest BCUT2D eigenvalue weighted by Crippen LogP contribution is -2.30. The van der Waals surface area contributed by atoms with Crippen LogP contribution in [0.3, 0.4) is 0 Å². The van der Waals surface area contributed by atoms with Gasteiger partial charge in [0.25, 0.3) is 10.0 Å². The number of sulfonamides is 1. The average Bonchev–Trinajstić information content (AvgIpc) is 2.15. The van der Waals surface area contributed by atoms with Crippen LogP contribution in [-0.4, -0.2) is 21.2 Å². The second-order valence-electron chi connectivity index (χ2n) is 3.26. The summed E-state index contributed by atoms with van der Waals surface area (Å²) in [4.78, 5) is 5.21. The zero-order valence-corrected chi connectivity index (χ0v) is 9.60. The van der Waals surface area contributed by atoms with E-state index in [0.29, 0.717) is 5.56 Å². The van der Waals surface area contributed by atoms with E-state index in [0.717, 1.165) is 0 Å². The molecule has 0 amide bonds. The Kier molecular flexibility index (Phi) is 4.12. The number of aryl methyl sites for hydroxylation is 1. The molecule has 0 saturated carbocycles. The quantitative estimate of drug-likeness (QED) is 0.847. The lowest BCUT2D eigenvalue weighted by Gasteiger charge is -2.10. The van der Waals surface area contributed by atoms with E-state index in [2.05, 4.69) is 4.84 Å². The van der Waals surface area contributed by atoms with E-state index < -0.39 is 22.8 Å². The molecule has 0 heterocycles. The number of alkyl halides is 3. The highest BCUT2D eigenvalue weighted by Gasteiger charge is 2.29. The molecule has 0 fully saturated rings. The van der Waals surface area contributed by atoms with Gasteiger partial charge in [-0.1, -0.05) is 23.1 Å². The van der Waals surface area contributed by atoms with E-state index >= 15 is 0 Å². The molecule has 1 N–H and O–H groups in total. The average molecular weight is 269 g/mol. The predicted molar refractivity (Wildman–Crippen MR) is 53.5 cm³/mol. The molecule has 0 bridgehead atoms. The maximum atomic E-state index is 11.8. The molecule has 1 aromatic carbocycles. The van der Waals surface area contributed by atoms with Crippen LogP contribution in [0, 0.1) is 6.92 Å². The Morgan fingerprint density at radius 3 is 2.41 bits per heavy atom. The van der Waals surface area contributed by atoms with Crippen molar-refractivity contribution in [2.24, 2.45) is 0 Å². The van der Waals surface area contributed by atoms with Crippen LogP contribution in [0.1, 0.15) is 5.56 Å². The SMILES string of the molecule is Cc1ccccc1S(=O)(=O)NOCC(F)(F)F. The predicted octanol–water partition coefficient (Wildman–Crippen LogP) is 1.77. The van der Waals surface area contributed by atoms with Gasteiger partial charge in [-0.25, -0.2) is 8.42 Å². The fraction of sp³-hybridized carbons (Fsp3) is 0.333. The van der Waals surface area contributed by atoms with E-state index in [1.54, 1.807) is 6.07 Å². The van der Waals surface area contributed by atoms with Crippen molar-refractivity contribution in [3.63, 3.8) is 0 Å². The summed E-state index contributed by atoms with van der Waals surface area (Å²) in [6.45, 7) is -0.156. The maximum absolute atomic E-state index is 11.8. The Balaban J connectivity index is 2.74. The summed E-state index contributed by atoms with van der Waals surface area (Å²) in [5.41, 5.74) is 0.413. The summed E-state index contributed by atoms with van der Waals surface area (Å²) in [6, 6.07) is 5.88. The fourth-order valence-electron chi connectivity index (χ4n) is 1.09. The number of benzene rings is 1. The normalized spacial score (nSPS) is 12.7. The molecule has 0 aliphatic heterocycles. The standard InChI is InChI=1S/C9H10F3NO3S/c1-7-4-2-3-5-8(7)17(14,15)13-16-6-9(10,11)12/h2-5,13H,6H2,1H3. The molecule has 0 aliphatic carbocycles. The Bertz CT molecular complexity index is 485. The lowest BCUT2D eigenvalue weighted by molar-refractivity contribution is -0.181. The highest BCUT2D eigenvalue weighted by molar-refractivity contribution is 7.89. The van der Waals surface area contributed by atoms with Gasteiger partial charge < -0.3 is 0 Å². The number of halogens is 3. The summed E-state index contributed by atoms with van der Waals surface area (Å²) in [5, 5.41) is 0. The van der Waals surface area contributed by atoms with Crippen molar-refractivity contribution < 1.29 is 26.4 Å². The van der Waals surface area contributed by atoms with Crippen molar-refractivity contribution in [2.45, 2.75) is 18.0 Å². The van der Waals surface area contributed by atoms with E-state index in [-0.39, 0.29) is 4.90 Å². The first-order chi connectivity index (χ1) is 7.72. The van der Waals surface area contributed by atoms with Crippen molar-refractivity contribution in [2.75, 3.05) is 6.61 Å². The number of nitrogens with one attached hydrogen (secondary N) is 1. The van der Waals surface area contributed by atoms with E-state index in [9.17, 15) is 21.6 Å². The first-order valence-electron chi connectivity index (χ1n) is 4.48. The third-order valence-electron chi connectivity index (χ3n) is 1.79. The van der Waals surface area contributed by atoms with Crippen LogP contribution in [0.2, 0.25) is 0 Å². The molecular weight excluding hydrogens is 259 g/mol. The molecule has 1 aromatic rings. The van der Waals surface area contributed by atoms with Crippen LogP contribution >= 0.6 is 0 Å². The van der Waals surface area contributed by atoms with Crippen molar-refractivity contribution in [1.29, 1.82) is 0 Å². The van der Waals surface area contributed by atoms with Crippen LogP contribution in [0.4, 0.5) is 13.2 Å². The molecule has 4 nitrogen and oxygen atoms in total. The summed E-state index contributed by atoms with van der Waals surface area (Å²) in [5.74, 6) is 0. The molecule has 0 atom stereocenters. The minimum Gasteiger partial charge on any atom is -0.277 e. The third-order valence-corrected chi connectivity index (χ3v) is 3.16. The molecule has 0 unspecified atom stereocenters. The highest BCUT2D eigenvalue weighted by atomic mass is 32.2. The molecule has 0 spiro atoms. The van der Waals surface area contributed by atoms with Crippen LogP contribution < -0.4 is 4.89 Å². The molecular formula is C9H10F3NO3S. The number of hydrogen-bond donors (Lipinski definition) is 1. The van der Waals surface area contributed by atoms with Gasteiger partial charge in [0.1, 0.15) is 0 Å².